The molecule has 0 aromatic heterocycles. The number of aliphatic hydroxyl groups is 1. The Morgan fingerprint density at radius 1 is 1.32 bits per heavy atom. The van der Waals surface area contributed by atoms with Gasteiger partial charge < -0.3 is 20.8 Å². The summed E-state index contributed by atoms with van der Waals surface area (Å²) >= 11 is 0. The molecule has 0 spiro atoms. The molecular weight excluding hydrogens is 244 g/mol. The second-order valence-corrected chi connectivity index (χ2v) is 4.91. The average molecular weight is 264 g/mol. The van der Waals surface area contributed by atoms with Crippen LogP contribution in [0.2, 0.25) is 0 Å². The van der Waals surface area contributed by atoms with Gasteiger partial charge in [0.25, 0.3) is 0 Å². The zero-order valence-electron chi connectivity index (χ0n) is 10.8. The van der Waals surface area contributed by atoms with Crippen LogP contribution in [0.4, 0.5) is 0 Å². The lowest BCUT2D eigenvalue weighted by Crippen LogP contribution is -2.42. The van der Waals surface area contributed by atoms with Gasteiger partial charge >= 0.3 is 5.97 Å². The van der Waals surface area contributed by atoms with Crippen molar-refractivity contribution in [1.82, 2.24) is 10.6 Å². The van der Waals surface area contributed by atoms with Crippen LogP contribution in [-0.4, -0.2) is 41.9 Å². The molecule has 4 N–H and O–H groups in total. The van der Waals surface area contributed by atoms with Crippen molar-refractivity contribution in [3.63, 3.8) is 0 Å². The number of piperazine rings is 1. The van der Waals surface area contributed by atoms with E-state index in [1.807, 2.05) is 24.3 Å². The summed E-state index contributed by atoms with van der Waals surface area (Å²) in [5.74, 6) is -0.971. The van der Waals surface area contributed by atoms with Crippen molar-refractivity contribution in [2.45, 2.75) is 25.0 Å². The van der Waals surface area contributed by atoms with Gasteiger partial charge in [0.2, 0.25) is 0 Å². The van der Waals surface area contributed by atoms with Gasteiger partial charge in [0.1, 0.15) is 0 Å². The van der Waals surface area contributed by atoms with Crippen LogP contribution in [0.15, 0.2) is 24.3 Å². The SMILES string of the molecule is O=C(O)CC(O)Cc1ccc(C2CNCCN2)cc1. The fraction of sp³-hybridized carbons (Fsp3) is 0.500. The summed E-state index contributed by atoms with van der Waals surface area (Å²) in [7, 11) is 0. The molecule has 0 radical (unpaired) electrons. The Balaban J connectivity index is 1.92. The Hall–Kier alpha value is -1.43. The second-order valence-electron chi connectivity index (χ2n) is 4.91. The van der Waals surface area contributed by atoms with E-state index in [0.717, 1.165) is 25.2 Å². The largest absolute Gasteiger partial charge is 0.481 e. The standard InChI is InChI=1S/C14H20N2O3/c17-12(8-14(18)19)7-10-1-3-11(4-2-10)13-9-15-5-6-16-13/h1-4,12-13,15-17H,5-9H2,(H,18,19). The maximum absolute atomic E-state index is 10.5. The molecule has 0 aliphatic carbocycles. The summed E-state index contributed by atoms with van der Waals surface area (Å²) in [6.45, 7) is 2.88. The number of aliphatic carboxylic acids is 1. The number of carboxylic acid groups (broad SMARTS) is 1. The van der Waals surface area contributed by atoms with Gasteiger partial charge in [-0.2, -0.15) is 0 Å². The molecule has 0 amide bonds. The summed E-state index contributed by atoms with van der Waals surface area (Å²) in [4.78, 5) is 10.5. The first kappa shape index (κ1) is 14.0. The van der Waals surface area contributed by atoms with Crippen LogP contribution in [0, 0.1) is 0 Å². The van der Waals surface area contributed by atoms with Gasteiger partial charge in [-0.05, 0) is 17.5 Å². The topological polar surface area (TPSA) is 81.6 Å². The van der Waals surface area contributed by atoms with Crippen molar-refractivity contribution in [2.24, 2.45) is 0 Å². The normalized spacial score (nSPS) is 21.0. The number of aliphatic hydroxyl groups excluding tert-OH is 1. The Morgan fingerprint density at radius 3 is 2.63 bits per heavy atom. The van der Waals surface area contributed by atoms with Crippen LogP contribution in [-0.2, 0) is 11.2 Å². The minimum absolute atomic E-state index is 0.212. The minimum Gasteiger partial charge on any atom is -0.481 e. The summed E-state index contributed by atoms with van der Waals surface area (Å²) < 4.78 is 0. The van der Waals surface area contributed by atoms with Crippen molar-refractivity contribution in [3.05, 3.63) is 35.4 Å². The highest BCUT2D eigenvalue weighted by atomic mass is 16.4. The third-order valence-electron chi connectivity index (χ3n) is 3.30. The first-order valence-corrected chi connectivity index (χ1v) is 6.58. The number of carboxylic acids is 1. The molecule has 1 heterocycles. The fourth-order valence-electron chi connectivity index (χ4n) is 2.32. The smallest absolute Gasteiger partial charge is 0.305 e. The minimum atomic E-state index is -0.971. The lowest BCUT2D eigenvalue weighted by molar-refractivity contribution is -0.139. The third-order valence-corrected chi connectivity index (χ3v) is 3.30. The van der Waals surface area contributed by atoms with E-state index in [9.17, 15) is 9.90 Å². The first-order valence-electron chi connectivity index (χ1n) is 6.58. The predicted molar refractivity (Wildman–Crippen MR) is 72.0 cm³/mol. The van der Waals surface area contributed by atoms with Gasteiger partial charge in [0.15, 0.2) is 0 Å². The number of carbonyl (C=O) groups is 1. The fourth-order valence-corrected chi connectivity index (χ4v) is 2.32. The Kier molecular flexibility index (Phi) is 4.90. The molecule has 0 saturated carbocycles. The monoisotopic (exact) mass is 264 g/mol. The molecule has 1 saturated heterocycles. The molecule has 1 fully saturated rings. The van der Waals surface area contributed by atoms with E-state index in [2.05, 4.69) is 10.6 Å². The zero-order chi connectivity index (χ0) is 13.7. The van der Waals surface area contributed by atoms with E-state index in [0.29, 0.717) is 12.5 Å². The van der Waals surface area contributed by atoms with Crippen molar-refractivity contribution < 1.29 is 15.0 Å². The molecule has 104 valence electrons. The van der Waals surface area contributed by atoms with E-state index >= 15 is 0 Å². The molecular formula is C14H20N2O3. The van der Waals surface area contributed by atoms with Crippen molar-refractivity contribution in [2.75, 3.05) is 19.6 Å². The first-order chi connectivity index (χ1) is 9.15. The molecule has 1 aliphatic rings. The van der Waals surface area contributed by atoms with Crippen LogP contribution in [0.3, 0.4) is 0 Å². The van der Waals surface area contributed by atoms with Gasteiger partial charge in [-0.3, -0.25) is 4.79 Å². The molecule has 5 nitrogen and oxygen atoms in total. The van der Waals surface area contributed by atoms with Crippen LogP contribution >= 0.6 is 0 Å². The summed E-state index contributed by atoms with van der Waals surface area (Å²) in [6, 6.07) is 8.31. The second kappa shape index (κ2) is 6.65. The van der Waals surface area contributed by atoms with Gasteiger partial charge in [0, 0.05) is 25.7 Å². The summed E-state index contributed by atoms with van der Waals surface area (Å²) in [6.07, 6.45) is -0.656. The maximum Gasteiger partial charge on any atom is 0.305 e. The Bertz CT molecular complexity index is 413. The molecule has 0 bridgehead atoms. The van der Waals surface area contributed by atoms with E-state index in [-0.39, 0.29) is 6.42 Å². The van der Waals surface area contributed by atoms with Gasteiger partial charge in [-0.25, -0.2) is 0 Å². The molecule has 1 aromatic rings. The van der Waals surface area contributed by atoms with Gasteiger partial charge in [0.05, 0.1) is 12.5 Å². The van der Waals surface area contributed by atoms with Crippen molar-refractivity contribution in [3.8, 4) is 0 Å². The highest BCUT2D eigenvalue weighted by Gasteiger charge is 2.14. The Morgan fingerprint density at radius 2 is 2.05 bits per heavy atom. The number of hydrogen-bond donors (Lipinski definition) is 4. The molecule has 2 unspecified atom stereocenters. The van der Waals surface area contributed by atoms with Crippen molar-refractivity contribution in [1.29, 1.82) is 0 Å². The quantitative estimate of drug-likeness (QED) is 0.615. The maximum atomic E-state index is 10.5. The van der Waals surface area contributed by atoms with E-state index in [1.54, 1.807) is 0 Å². The van der Waals surface area contributed by atoms with E-state index < -0.39 is 12.1 Å². The van der Waals surface area contributed by atoms with Gasteiger partial charge in [-0.1, -0.05) is 24.3 Å². The lowest BCUT2D eigenvalue weighted by Gasteiger charge is -2.25. The highest BCUT2D eigenvalue weighted by molar-refractivity contribution is 5.67. The molecule has 5 heteroatoms. The van der Waals surface area contributed by atoms with Crippen molar-refractivity contribution >= 4 is 5.97 Å². The number of hydrogen-bond acceptors (Lipinski definition) is 4. The van der Waals surface area contributed by atoms with Crippen LogP contribution in [0.25, 0.3) is 0 Å². The number of nitrogens with one attached hydrogen (secondary N) is 2. The van der Waals surface area contributed by atoms with Gasteiger partial charge in [-0.15, -0.1) is 0 Å². The zero-order valence-corrected chi connectivity index (χ0v) is 10.8. The predicted octanol–water partition coefficient (Wildman–Crippen LogP) is 0.299. The average Bonchev–Trinajstić information content (AvgIpc) is 2.39. The van der Waals surface area contributed by atoms with E-state index in [1.165, 1.54) is 5.56 Å². The van der Waals surface area contributed by atoms with Crippen LogP contribution in [0.5, 0.6) is 0 Å². The Labute approximate surface area is 112 Å². The van der Waals surface area contributed by atoms with E-state index in [4.69, 9.17) is 5.11 Å². The molecule has 2 atom stereocenters. The van der Waals surface area contributed by atoms with Crippen LogP contribution < -0.4 is 10.6 Å². The highest BCUT2D eigenvalue weighted by Crippen LogP contribution is 2.16. The summed E-state index contributed by atoms with van der Waals surface area (Å²) in [5.41, 5.74) is 2.17. The van der Waals surface area contributed by atoms with Crippen LogP contribution in [0.1, 0.15) is 23.6 Å². The molecule has 19 heavy (non-hydrogen) atoms. The molecule has 2 rings (SSSR count). The number of rotatable bonds is 5. The lowest BCUT2D eigenvalue weighted by atomic mass is 10.0. The number of benzene rings is 1. The molecule has 1 aromatic carbocycles. The third kappa shape index (κ3) is 4.31. The molecule has 1 aliphatic heterocycles. The summed E-state index contributed by atoms with van der Waals surface area (Å²) in [5, 5.41) is 25.0.